The molecule has 1 heterocycles. The summed E-state index contributed by atoms with van der Waals surface area (Å²) >= 11 is 0. The van der Waals surface area contributed by atoms with E-state index in [0.717, 1.165) is 53.8 Å². The highest BCUT2D eigenvalue weighted by Gasteiger charge is 2.27. The summed E-state index contributed by atoms with van der Waals surface area (Å²) in [6.07, 6.45) is 0. The van der Waals surface area contributed by atoms with E-state index < -0.39 is 28.3 Å². The van der Waals surface area contributed by atoms with Crippen molar-refractivity contribution in [3.8, 4) is 0 Å². The molecule has 0 spiro atoms. The number of hydrogen-bond donors (Lipinski definition) is 1. The van der Waals surface area contributed by atoms with Crippen LogP contribution in [0.2, 0.25) is 0 Å². The first kappa shape index (κ1) is 25.8. The number of carbonyl (C=O) groups is 1. The lowest BCUT2D eigenvalue weighted by Crippen LogP contribution is -2.40. The van der Waals surface area contributed by atoms with Gasteiger partial charge in [-0.1, -0.05) is 42.0 Å². The smallest absolute Gasteiger partial charge is 0.264 e. The molecule has 1 N–H and O–H groups in total. The molecule has 1 fully saturated rings. The van der Waals surface area contributed by atoms with Crippen molar-refractivity contribution in [3.05, 3.63) is 95.3 Å². The number of benzene rings is 3. The average molecular weight is 512 g/mol. The summed E-state index contributed by atoms with van der Waals surface area (Å²) < 4.78 is 46.7. The zero-order valence-electron chi connectivity index (χ0n) is 20.2. The maximum Gasteiger partial charge on any atom is 0.264 e. The van der Waals surface area contributed by atoms with Gasteiger partial charge in [-0.15, -0.1) is 0 Å². The molecule has 0 unspecified atom stereocenters. The third-order valence-corrected chi connectivity index (χ3v) is 7.79. The third-order valence-electron chi connectivity index (χ3n) is 6.00. The second-order valence-corrected chi connectivity index (χ2v) is 10.6. The Morgan fingerprint density at radius 1 is 1.00 bits per heavy atom. The van der Waals surface area contributed by atoms with E-state index in [1.807, 2.05) is 31.2 Å². The molecule has 0 aromatic heterocycles. The number of aryl methyl sites for hydroxylation is 1. The molecule has 1 saturated heterocycles. The lowest BCUT2D eigenvalue weighted by atomic mass is 10.1. The van der Waals surface area contributed by atoms with Gasteiger partial charge in [0.05, 0.1) is 23.8 Å². The Balaban J connectivity index is 1.46. The van der Waals surface area contributed by atoms with Gasteiger partial charge in [-0.2, -0.15) is 0 Å². The maximum absolute atomic E-state index is 13.5. The van der Waals surface area contributed by atoms with E-state index in [-0.39, 0.29) is 17.1 Å². The highest BCUT2D eigenvalue weighted by molar-refractivity contribution is 7.92. The molecule has 4 rings (SSSR count). The van der Waals surface area contributed by atoms with Crippen molar-refractivity contribution in [3.63, 3.8) is 0 Å². The molecule has 3 aromatic rings. The number of hydrogen-bond acceptors (Lipinski definition) is 5. The summed E-state index contributed by atoms with van der Waals surface area (Å²) in [7, 11) is -4.05. The van der Waals surface area contributed by atoms with Crippen LogP contribution < -0.4 is 9.62 Å². The zero-order valence-corrected chi connectivity index (χ0v) is 21.0. The van der Waals surface area contributed by atoms with E-state index in [4.69, 9.17) is 4.74 Å². The van der Waals surface area contributed by atoms with Gasteiger partial charge in [0.2, 0.25) is 5.91 Å². The number of rotatable bonds is 9. The summed E-state index contributed by atoms with van der Waals surface area (Å²) in [6, 6.07) is 19.4. The monoisotopic (exact) mass is 511 g/mol. The van der Waals surface area contributed by atoms with Crippen molar-refractivity contribution in [2.45, 2.75) is 24.9 Å². The number of carbonyl (C=O) groups excluding carboxylic acids is 1. The molecule has 190 valence electrons. The molecule has 0 bridgehead atoms. The van der Waals surface area contributed by atoms with Gasteiger partial charge in [0, 0.05) is 26.2 Å². The molecule has 1 aliphatic rings. The number of nitrogens with zero attached hydrogens (tertiary/aromatic N) is 2. The summed E-state index contributed by atoms with van der Waals surface area (Å²) in [5.41, 5.74) is 3.18. The molecule has 1 aliphatic heterocycles. The summed E-state index contributed by atoms with van der Waals surface area (Å²) in [4.78, 5) is 15.3. The van der Waals surface area contributed by atoms with Crippen LogP contribution in [-0.4, -0.2) is 52.1 Å². The fraction of sp³-hybridized carbons (Fsp3) is 0.296. The number of ether oxygens (including phenoxy) is 1. The van der Waals surface area contributed by atoms with E-state index in [2.05, 4.69) is 10.2 Å². The van der Waals surface area contributed by atoms with Crippen LogP contribution in [0.3, 0.4) is 0 Å². The minimum Gasteiger partial charge on any atom is -0.379 e. The third kappa shape index (κ3) is 6.69. The largest absolute Gasteiger partial charge is 0.379 e. The van der Waals surface area contributed by atoms with E-state index >= 15 is 0 Å². The summed E-state index contributed by atoms with van der Waals surface area (Å²) in [5, 5.41) is 2.82. The number of anilines is 1. The highest BCUT2D eigenvalue weighted by atomic mass is 32.2. The second kappa shape index (κ2) is 11.6. The molecule has 3 aromatic carbocycles. The van der Waals surface area contributed by atoms with E-state index in [0.29, 0.717) is 0 Å². The van der Waals surface area contributed by atoms with Crippen molar-refractivity contribution < 1.29 is 22.3 Å². The van der Waals surface area contributed by atoms with E-state index in [9.17, 15) is 17.6 Å². The lowest BCUT2D eigenvalue weighted by molar-refractivity contribution is -0.119. The van der Waals surface area contributed by atoms with Crippen LogP contribution in [0, 0.1) is 12.7 Å². The van der Waals surface area contributed by atoms with Crippen molar-refractivity contribution in [2.75, 3.05) is 37.2 Å². The van der Waals surface area contributed by atoms with Gasteiger partial charge >= 0.3 is 0 Å². The quantitative estimate of drug-likeness (QED) is 0.476. The van der Waals surface area contributed by atoms with Crippen LogP contribution in [0.25, 0.3) is 0 Å². The molecular weight excluding hydrogens is 481 g/mol. The number of morpholine rings is 1. The van der Waals surface area contributed by atoms with Crippen LogP contribution in [0.1, 0.15) is 16.7 Å². The van der Waals surface area contributed by atoms with Crippen LogP contribution in [-0.2, 0) is 32.6 Å². The highest BCUT2D eigenvalue weighted by Crippen LogP contribution is 2.24. The van der Waals surface area contributed by atoms with Crippen LogP contribution >= 0.6 is 0 Å². The van der Waals surface area contributed by atoms with Gasteiger partial charge in [0.1, 0.15) is 12.4 Å². The standard InChI is InChI=1S/C27H30FN3O4S/c1-21-5-11-26(12-6-21)36(33,34)31(25-9-7-24(28)8-10-25)20-27(32)29-18-22-3-2-4-23(17-22)19-30-13-15-35-16-14-30/h2-12,17H,13-16,18-20H2,1H3,(H,29,32). The summed E-state index contributed by atoms with van der Waals surface area (Å²) in [6.45, 7) is 5.71. The molecule has 0 aliphatic carbocycles. The molecule has 0 saturated carbocycles. The Morgan fingerprint density at radius 2 is 1.67 bits per heavy atom. The van der Waals surface area contributed by atoms with E-state index in [1.165, 1.54) is 36.4 Å². The van der Waals surface area contributed by atoms with Gasteiger partial charge in [-0.25, -0.2) is 12.8 Å². The Morgan fingerprint density at radius 3 is 2.36 bits per heavy atom. The van der Waals surface area contributed by atoms with Crippen LogP contribution in [0.4, 0.5) is 10.1 Å². The fourth-order valence-electron chi connectivity index (χ4n) is 4.00. The number of nitrogens with one attached hydrogen (secondary N) is 1. The maximum atomic E-state index is 13.5. The van der Waals surface area contributed by atoms with Gasteiger partial charge in [-0.05, 0) is 54.4 Å². The average Bonchev–Trinajstić information content (AvgIpc) is 2.88. The van der Waals surface area contributed by atoms with Crippen molar-refractivity contribution in [2.24, 2.45) is 0 Å². The van der Waals surface area contributed by atoms with Crippen molar-refractivity contribution in [1.82, 2.24) is 10.2 Å². The zero-order chi connectivity index (χ0) is 25.5. The van der Waals surface area contributed by atoms with Crippen LogP contribution in [0.5, 0.6) is 0 Å². The first-order chi connectivity index (χ1) is 17.3. The fourth-order valence-corrected chi connectivity index (χ4v) is 5.42. The molecule has 0 radical (unpaired) electrons. The Bertz CT molecular complexity index is 1280. The van der Waals surface area contributed by atoms with Crippen molar-refractivity contribution >= 4 is 21.6 Å². The first-order valence-corrected chi connectivity index (χ1v) is 13.2. The predicted octanol–water partition coefficient (Wildman–Crippen LogP) is 3.48. The molecule has 9 heteroatoms. The Kier molecular flexibility index (Phi) is 8.35. The van der Waals surface area contributed by atoms with Crippen molar-refractivity contribution in [1.29, 1.82) is 0 Å². The molecule has 0 atom stereocenters. The van der Waals surface area contributed by atoms with Gasteiger partial charge in [0.15, 0.2) is 0 Å². The van der Waals surface area contributed by atoms with E-state index in [1.54, 1.807) is 12.1 Å². The minimum atomic E-state index is -4.05. The number of amides is 1. The Labute approximate surface area is 211 Å². The Hall–Kier alpha value is -3.27. The normalized spacial score (nSPS) is 14.4. The molecule has 7 nitrogen and oxygen atoms in total. The lowest BCUT2D eigenvalue weighted by Gasteiger charge is -2.26. The van der Waals surface area contributed by atoms with Gasteiger partial charge < -0.3 is 10.1 Å². The number of sulfonamides is 1. The predicted molar refractivity (Wildman–Crippen MR) is 136 cm³/mol. The molecule has 36 heavy (non-hydrogen) atoms. The molecular formula is C27H30FN3O4S. The first-order valence-electron chi connectivity index (χ1n) is 11.8. The SMILES string of the molecule is Cc1ccc(S(=O)(=O)N(CC(=O)NCc2cccc(CN3CCOCC3)c2)c2ccc(F)cc2)cc1. The second-order valence-electron chi connectivity index (χ2n) is 8.79. The summed E-state index contributed by atoms with van der Waals surface area (Å²) in [5.74, 6) is -0.957. The minimum absolute atomic E-state index is 0.0565. The topological polar surface area (TPSA) is 79.0 Å². The number of halogens is 1. The van der Waals surface area contributed by atoms with Gasteiger partial charge in [0.25, 0.3) is 10.0 Å². The van der Waals surface area contributed by atoms with Crippen LogP contribution in [0.15, 0.2) is 77.7 Å². The molecule has 1 amide bonds. The van der Waals surface area contributed by atoms with Gasteiger partial charge in [-0.3, -0.25) is 14.0 Å².